The molecule has 1 aliphatic rings. The lowest BCUT2D eigenvalue weighted by atomic mass is 9.83. The van der Waals surface area contributed by atoms with Crippen molar-refractivity contribution < 1.29 is 9.18 Å². The largest absolute Gasteiger partial charge is 0.312 e. The number of aliphatic imine (C=N–C) groups is 1. The van der Waals surface area contributed by atoms with Gasteiger partial charge in [-0.15, -0.1) is 0 Å². The van der Waals surface area contributed by atoms with Crippen LogP contribution < -0.4 is 5.32 Å². The van der Waals surface area contributed by atoms with Crippen molar-refractivity contribution in [2.24, 2.45) is 4.99 Å². The molecule has 1 aromatic carbocycles. The Balaban J connectivity index is 2.38. The summed E-state index contributed by atoms with van der Waals surface area (Å²) in [6, 6.07) is 6.27. The number of amidine groups is 1. The second-order valence-electron chi connectivity index (χ2n) is 5.61. The Morgan fingerprint density at radius 2 is 1.78 bits per heavy atom. The molecule has 3 nitrogen and oxygen atoms in total. The molecule has 1 N–H and O–H groups in total. The third-order valence-corrected chi connectivity index (χ3v) is 3.34. The van der Waals surface area contributed by atoms with E-state index in [1.165, 1.54) is 12.1 Å². The normalized spacial score (nSPS) is 18.5. The van der Waals surface area contributed by atoms with Crippen LogP contribution in [0.15, 0.2) is 29.3 Å². The Morgan fingerprint density at radius 1 is 1.22 bits per heavy atom. The lowest BCUT2D eigenvalue weighted by Gasteiger charge is -2.25. The molecular weight excluding hydrogens is 231 g/mol. The summed E-state index contributed by atoms with van der Waals surface area (Å²) in [4.78, 5) is 16.2. The van der Waals surface area contributed by atoms with E-state index in [0.29, 0.717) is 5.84 Å². The van der Waals surface area contributed by atoms with Gasteiger partial charge in [0.05, 0.1) is 0 Å². The third-order valence-electron chi connectivity index (χ3n) is 3.34. The lowest BCUT2D eigenvalue weighted by molar-refractivity contribution is -0.122. The van der Waals surface area contributed by atoms with Gasteiger partial charge in [-0.2, -0.15) is 0 Å². The van der Waals surface area contributed by atoms with Crippen LogP contribution in [0.5, 0.6) is 0 Å². The molecule has 0 fully saturated rings. The number of hydrogen-bond acceptors (Lipinski definition) is 2. The maximum absolute atomic E-state index is 12.9. The van der Waals surface area contributed by atoms with Gasteiger partial charge in [-0.05, 0) is 45.4 Å². The minimum Gasteiger partial charge on any atom is -0.312 e. The van der Waals surface area contributed by atoms with E-state index in [1.54, 1.807) is 26.0 Å². The highest BCUT2D eigenvalue weighted by Crippen LogP contribution is 2.29. The summed E-state index contributed by atoms with van der Waals surface area (Å²) in [5.41, 5.74) is -0.260. The minimum atomic E-state index is -0.730. The topological polar surface area (TPSA) is 41.5 Å². The molecule has 0 unspecified atom stereocenters. The molecule has 0 radical (unpaired) electrons. The molecule has 0 aliphatic carbocycles. The second kappa shape index (κ2) is 3.90. The fraction of sp³-hybridized carbons (Fsp3) is 0.429. The quantitative estimate of drug-likeness (QED) is 0.858. The minimum absolute atomic E-state index is 0.104. The molecule has 0 saturated heterocycles. The number of nitrogens with one attached hydrogen (secondary N) is 1. The predicted octanol–water partition coefficient (Wildman–Crippen LogP) is 2.41. The van der Waals surface area contributed by atoms with Crippen molar-refractivity contribution in [2.45, 2.75) is 38.6 Å². The van der Waals surface area contributed by atoms with Crippen molar-refractivity contribution in [1.29, 1.82) is 0 Å². The molecule has 0 saturated carbocycles. The summed E-state index contributed by atoms with van der Waals surface area (Å²) in [7, 11) is 0. The Kier molecular flexibility index (Phi) is 2.76. The van der Waals surface area contributed by atoms with Crippen LogP contribution in [-0.2, 0) is 10.2 Å². The zero-order valence-corrected chi connectivity index (χ0v) is 11.0. The van der Waals surface area contributed by atoms with Crippen molar-refractivity contribution in [3.8, 4) is 0 Å². The predicted molar refractivity (Wildman–Crippen MR) is 69.1 cm³/mol. The number of rotatable bonds is 2. The van der Waals surface area contributed by atoms with E-state index in [1.807, 2.05) is 13.8 Å². The lowest BCUT2D eigenvalue weighted by Crippen LogP contribution is -2.41. The maximum atomic E-state index is 12.9. The molecule has 1 amide bonds. The Bertz CT molecular complexity index is 515. The van der Waals surface area contributed by atoms with E-state index in [4.69, 9.17) is 0 Å². The average Bonchev–Trinajstić information content (AvgIpc) is 2.55. The van der Waals surface area contributed by atoms with Gasteiger partial charge >= 0.3 is 0 Å². The molecule has 2 rings (SSSR count). The molecule has 0 spiro atoms. The standard InChI is InChI=1S/C14H17FN2O/c1-13(2,9-5-7-10(15)8-6-9)11-16-12(18)14(3,4)17-11/h5-8H,1-4H3,(H,16,17,18). The Hall–Kier alpha value is -1.71. The Labute approximate surface area is 106 Å². The average molecular weight is 248 g/mol. The van der Waals surface area contributed by atoms with Crippen LogP contribution >= 0.6 is 0 Å². The third kappa shape index (κ3) is 2.03. The smallest absolute Gasteiger partial charge is 0.252 e. The van der Waals surface area contributed by atoms with Crippen LogP contribution in [-0.4, -0.2) is 17.3 Å². The summed E-state index contributed by atoms with van der Waals surface area (Å²) in [5, 5.41) is 2.81. The highest BCUT2D eigenvalue weighted by Gasteiger charge is 2.40. The van der Waals surface area contributed by atoms with Crippen molar-refractivity contribution in [3.63, 3.8) is 0 Å². The fourth-order valence-electron chi connectivity index (χ4n) is 1.92. The molecule has 1 aromatic rings. The molecule has 4 heteroatoms. The highest BCUT2D eigenvalue weighted by atomic mass is 19.1. The molecule has 1 aliphatic heterocycles. The van der Waals surface area contributed by atoms with Crippen LogP contribution in [0.4, 0.5) is 4.39 Å². The van der Waals surface area contributed by atoms with Gasteiger partial charge in [-0.1, -0.05) is 12.1 Å². The molecule has 0 bridgehead atoms. The first-order valence-corrected chi connectivity index (χ1v) is 5.91. The van der Waals surface area contributed by atoms with Gasteiger partial charge in [0, 0.05) is 5.41 Å². The number of halogens is 1. The van der Waals surface area contributed by atoms with Gasteiger partial charge < -0.3 is 5.32 Å². The SMILES string of the molecule is CC1(C)N=C(C(C)(C)c2ccc(F)cc2)NC1=O. The number of carbonyl (C=O) groups excluding carboxylic acids is 1. The first-order valence-electron chi connectivity index (χ1n) is 5.91. The van der Waals surface area contributed by atoms with E-state index in [-0.39, 0.29) is 11.7 Å². The molecule has 96 valence electrons. The number of carbonyl (C=O) groups is 1. The van der Waals surface area contributed by atoms with Gasteiger partial charge in [0.1, 0.15) is 17.2 Å². The van der Waals surface area contributed by atoms with Gasteiger partial charge in [0.15, 0.2) is 0 Å². The van der Waals surface area contributed by atoms with Crippen LogP contribution in [0.2, 0.25) is 0 Å². The van der Waals surface area contributed by atoms with Crippen molar-refractivity contribution in [3.05, 3.63) is 35.6 Å². The molecule has 1 heterocycles. The Morgan fingerprint density at radius 3 is 2.22 bits per heavy atom. The van der Waals surface area contributed by atoms with Gasteiger partial charge in [-0.3, -0.25) is 9.79 Å². The maximum Gasteiger partial charge on any atom is 0.252 e. The van der Waals surface area contributed by atoms with E-state index in [0.717, 1.165) is 5.56 Å². The van der Waals surface area contributed by atoms with Crippen LogP contribution in [0.25, 0.3) is 0 Å². The zero-order valence-electron chi connectivity index (χ0n) is 11.0. The van der Waals surface area contributed by atoms with E-state index in [2.05, 4.69) is 10.3 Å². The summed E-state index contributed by atoms with van der Waals surface area (Å²) in [6.45, 7) is 7.47. The molecule has 0 aromatic heterocycles. The van der Waals surface area contributed by atoms with E-state index in [9.17, 15) is 9.18 Å². The summed E-state index contributed by atoms with van der Waals surface area (Å²) < 4.78 is 12.9. The van der Waals surface area contributed by atoms with Crippen LogP contribution in [0, 0.1) is 5.82 Å². The number of amides is 1. The first kappa shape index (κ1) is 12.7. The van der Waals surface area contributed by atoms with Crippen molar-refractivity contribution >= 4 is 11.7 Å². The fourth-order valence-corrected chi connectivity index (χ4v) is 1.92. The number of hydrogen-bond donors (Lipinski definition) is 1. The van der Waals surface area contributed by atoms with Gasteiger partial charge in [0.25, 0.3) is 5.91 Å². The monoisotopic (exact) mass is 248 g/mol. The molecular formula is C14H17FN2O. The van der Waals surface area contributed by atoms with Crippen molar-refractivity contribution in [1.82, 2.24) is 5.32 Å². The molecule has 18 heavy (non-hydrogen) atoms. The first-order chi connectivity index (χ1) is 8.23. The van der Waals surface area contributed by atoms with Gasteiger partial charge in [0.2, 0.25) is 0 Å². The van der Waals surface area contributed by atoms with Crippen LogP contribution in [0.1, 0.15) is 33.3 Å². The van der Waals surface area contributed by atoms with E-state index < -0.39 is 11.0 Å². The van der Waals surface area contributed by atoms with E-state index >= 15 is 0 Å². The summed E-state index contributed by atoms with van der Waals surface area (Å²) in [6.07, 6.45) is 0. The van der Waals surface area contributed by atoms with Crippen LogP contribution in [0.3, 0.4) is 0 Å². The number of nitrogens with zero attached hydrogens (tertiary/aromatic N) is 1. The zero-order chi connectivity index (χ0) is 13.6. The second-order valence-corrected chi connectivity index (χ2v) is 5.61. The van der Waals surface area contributed by atoms with Crippen molar-refractivity contribution in [2.75, 3.05) is 0 Å². The summed E-state index contributed by atoms with van der Waals surface area (Å²) >= 11 is 0. The summed E-state index contributed by atoms with van der Waals surface area (Å²) in [5.74, 6) is 0.254. The number of benzene rings is 1. The highest BCUT2D eigenvalue weighted by molar-refractivity contribution is 6.11. The van der Waals surface area contributed by atoms with Gasteiger partial charge in [-0.25, -0.2) is 4.39 Å². The molecule has 0 atom stereocenters.